The molecular formula is C13H14N2OS. The molecule has 2 aromatic rings. The summed E-state index contributed by atoms with van der Waals surface area (Å²) in [5.41, 5.74) is 2.39. The first-order chi connectivity index (χ1) is 8.36. The molecular weight excluding hydrogens is 232 g/mol. The Balaban J connectivity index is 1.94. The minimum atomic E-state index is 0.886. The van der Waals surface area contributed by atoms with Gasteiger partial charge in [-0.05, 0) is 30.7 Å². The molecule has 0 atom stereocenters. The minimum Gasteiger partial charge on any atom is -0.497 e. The number of nitrogens with one attached hydrogen (secondary N) is 1. The van der Waals surface area contributed by atoms with Crippen LogP contribution in [0.2, 0.25) is 0 Å². The van der Waals surface area contributed by atoms with Gasteiger partial charge in [-0.2, -0.15) is 0 Å². The van der Waals surface area contributed by atoms with Crippen LogP contribution in [0, 0.1) is 0 Å². The fraction of sp³-hybridized carbons (Fsp3) is 0.308. The Morgan fingerprint density at radius 1 is 1.29 bits per heavy atom. The summed E-state index contributed by atoms with van der Waals surface area (Å²) in [6.45, 7) is 1.97. The van der Waals surface area contributed by atoms with Crippen LogP contribution in [0.25, 0.3) is 10.6 Å². The Morgan fingerprint density at radius 3 is 2.82 bits per heavy atom. The van der Waals surface area contributed by atoms with Crippen LogP contribution in [0.1, 0.15) is 10.6 Å². The van der Waals surface area contributed by atoms with Gasteiger partial charge in [-0.25, -0.2) is 4.98 Å². The molecule has 88 valence electrons. The van der Waals surface area contributed by atoms with Crippen molar-refractivity contribution in [3.63, 3.8) is 0 Å². The highest BCUT2D eigenvalue weighted by Gasteiger charge is 2.15. The van der Waals surface area contributed by atoms with Gasteiger partial charge in [0.15, 0.2) is 0 Å². The fourth-order valence-electron chi connectivity index (χ4n) is 1.98. The average Bonchev–Trinajstić information content (AvgIpc) is 2.82. The van der Waals surface area contributed by atoms with Crippen LogP contribution in [0.4, 0.5) is 0 Å². The molecule has 3 nitrogen and oxygen atoms in total. The molecule has 2 heterocycles. The molecule has 4 heteroatoms. The standard InChI is InChI=1S/C13H14N2OS/c1-16-10-4-2-9(3-5-10)13-15-11-8-14-7-6-12(11)17-13/h2-5,14H,6-8H2,1H3. The van der Waals surface area contributed by atoms with Crippen LogP contribution in [-0.4, -0.2) is 18.6 Å². The number of rotatable bonds is 2. The number of thiazole rings is 1. The van der Waals surface area contributed by atoms with Crippen molar-refractivity contribution >= 4 is 11.3 Å². The van der Waals surface area contributed by atoms with Crippen LogP contribution in [0.15, 0.2) is 24.3 Å². The van der Waals surface area contributed by atoms with Gasteiger partial charge in [0, 0.05) is 23.5 Å². The quantitative estimate of drug-likeness (QED) is 0.884. The summed E-state index contributed by atoms with van der Waals surface area (Å²) in [5.74, 6) is 0.886. The number of hydrogen-bond acceptors (Lipinski definition) is 4. The van der Waals surface area contributed by atoms with E-state index >= 15 is 0 Å². The van der Waals surface area contributed by atoms with E-state index in [1.165, 1.54) is 16.1 Å². The smallest absolute Gasteiger partial charge is 0.123 e. The van der Waals surface area contributed by atoms with E-state index in [4.69, 9.17) is 9.72 Å². The normalized spacial score (nSPS) is 14.4. The Labute approximate surface area is 104 Å². The second-order valence-electron chi connectivity index (χ2n) is 4.04. The maximum atomic E-state index is 5.16. The molecule has 1 N–H and O–H groups in total. The lowest BCUT2D eigenvalue weighted by molar-refractivity contribution is 0.415. The summed E-state index contributed by atoms with van der Waals surface area (Å²) in [4.78, 5) is 6.12. The molecule has 0 spiro atoms. The van der Waals surface area contributed by atoms with Gasteiger partial charge >= 0.3 is 0 Å². The molecule has 0 aliphatic carbocycles. The van der Waals surface area contributed by atoms with Crippen molar-refractivity contribution in [3.8, 4) is 16.3 Å². The van der Waals surface area contributed by atoms with Gasteiger partial charge in [-0.1, -0.05) is 0 Å². The summed E-state index contributed by atoms with van der Waals surface area (Å²) >= 11 is 1.81. The largest absolute Gasteiger partial charge is 0.497 e. The first kappa shape index (κ1) is 10.7. The zero-order chi connectivity index (χ0) is 11.7. The van der Waals surface area contributed by atoms with Crippen molar-refractivity contribution in [2.24, 2.45) is 0 Å². The van der Waals surface area contributed by atoms with Crippen LogP contribution in [0.5, 0.6) is 5.75 Å². The minimum absolute atomic E-state index is 0.886. The molecule has 3 rings (SSSR count). The zero-order valence-electron chi connectivity index (χ0n) is 9.69. The summed E-state index contributed by atoms with van der Waals surface area (Å²) in [6, 6.07) is 8.09. The summed E-state index contributed by atoms with van der Waals surface area (Å²) < 4.78 is 5.16. The summed E-state index contributed by atoms with van der Waals surface area (Å²) in [7, 11) is 1.68. The fourth-order valence-corrected chi connectivity index (χ4v) is 3.07. The number of nitrogens with zero attached hydrogens (tertiary/aromatic N) is 1. The highest BCUT2D eigenvalue weighted by Crippen LogP contribution is 2.30. The predicted octanol–water partition coefficient (Wildman–Crippen LogP) is 2.46. The lowest BCUT2D eigenvalue weighted by atomic mass is 10.2. The van der Waals surface area contributed by atoms with Crippen molar-refractivity contribution < 1.29 is 4.74 Å². The van der Waals surface area contributed by atoms with Crippen molar-refractivity contribution in [3.05, 3.63) is 34.8 Å². The van der Waals surface area contributed by atoms with Crippen molar-refractivity contribution in [1.82, 2.24) is 10.3 Å². The molecule has 0 saturated carbocycles. The first-order valence-electron chi connectivity index (χ1n) is 5.70. The molecule has 0 unspecified atom stereocenters. The van der Waals surface area contributed by atoms with E-state index in [2.05, 4.69) is 17.4 Å². The van der Waals surface area contributed by atoms with E-state index in [0.29, 0.717) is 0 Å². The number of ether oxygens (including phenoxy) is 1. The lowest BCUT2D eigenvalue weighted by Crippen LogP contribution is -2.22. The second kappa shape index (κ2) is 4.47. The van der Waals surface area contributed by atoms with Gasteiger partial charge in [0.2, 0.25) is 0 Å². The van der Waals surface area contributed by atoms with E-state index in [9.17, 15) is 0 Å². The van der Waals surface area contributed by atoms with E-state index in [1.54, 1.807) is 7.11 Å². The Morgan fingerprint density at radius 2 is 2.12 bits per heavy atom. The molecule has 0 saturated heterocycles. The molecule has 1 aliphatic heterocycles. The molecule has 0 bridgehead atoms. The number of benzene rings is 1. The third-order valence-electron chi connectivity index (χ3n) is 2.94. The summed E-state index contributed by atoms with van der Waals surface area (Å²) in [5, 5.41) is 4.46. The SMILES string of the molecule is COc1ccc(-c2nc3c(s2)CCNC3)cc1. The van der Waals surface area contributed by atoms with E-state index in [1.807, 2.05) is 23.5 Å². The Hall–Kier alpha value is -1.39. The van der Waals surface area contributed by atoms with Crippen molar-refractivity contribution in [1.29, 1.82) is 0 Å². The maximum absolute atomic E-state index is 5.16. The molecule has 0 amide bonds. The summed E-state index contributed by atoms with van der Waals surface area (Å²) in [6.07, 6.45) is 1.10. The van der Waals surface area contributed by atoms with Gasteiger partial charge in [0.1, 0.15) is 10.8 Å². The highest BCUT2D eigenvalue weighted by molar-refractivity contribution is 7.15. The zero-order valence-corrected chi connectivity index (χ0v) is 10.5. The number of methoxy groups -OCH3 is 1. The molecule has 1 aromatic heterocycles. The maximum Gasteiger partial charge on any atom is 0.123 e. The van der Waals surface area contributed by atoms with Crippen LogP contribution in [-0.2, 0) is 13.0 Å². The molecule has 17 heavy (non-hydrogen) atoms. The van der Waals surface area contributed by atoms with E-state index in [-0.39, 0.29) is 0 Å². The Bertz CT molecular complexity index is 495. The van der Waals surface area contributed by atoms with Gasteiger partial charge in [-0.3, -0.25) is 0 Å². The molecule has 1 aliphatic rings. The van der Waals surface area contributed by atoms with Crippen LogP contribution in [0.3, 0.4) is 0 Å². The van der Waals surface area contributed by atoms with Crippen LogP contribution >= 0.6 is 11.3 Å². The monoisotopic (exact) mass is 246 g/mol. The number of fused-ring (bicyclic) bond motifs is 1. The first-order valence-corrected chi connectivity index (χ1v) is 6.52. The van der Waals surface area contributed by atoms with Crippen LogP contribution < -0.4 is 10.1 Å². The van der Waals surface area contributed by atoms with E-state index < -0.39 is 0 Å². The molecule has 0 radical (unpaired) electrons. The van der Waals surface area contributed by atoms with Crippen molar-refractivity contribution in [2.45, 2.75) is 13.0 Å². The molecule has 0 fully saturated rings. The van der Waals surface area contributed by atoms with Gasteiger partial charge in [0.05, 0.1) is 12.8 Å². The molecule has 1 aromatic carbocycles. The lowest BCUT2D eigenvalue weighted by Gasteiger charge is -2.09. The third kappa shape index (κ3) is 2.06. The number of hydrogen-bond donors (Lipinski definition) is 1. The van der Waals surface area contributed by atoms with Gasteiger partial charge < -0.3 is 10.1 Å². The average molecular weight is 246 g/mol. The predicted molar refractivity (Wildman–Crippen MR) is 69.5 cm³/mol. The van der Waals surface area contributed by atoms with Crippen molar-refractivity contribution in [2.75, 3.05) is 13.7 Å². The number of aromatic nitrogens is 1. The third-order valence-corrected chi connectivity index (χ3v) is 4.14. The highest BCUT2D eigenvalue weighted by atomic mass is 32.1. The van der Waals surface area contributed by atoms with E-state index in [0.717, 1.165) is 30.3 Å². The van der Waals surface area contributed by atoms with Gasteiger partial charge in [-0.15, -0.1) is 11.3 Å². The van der Waals surface area contributed by atoms with Gasteiger partial charge in [0.25, 0.3) is 0 Å². The second-order valence-corrected chi connectivity index (χ2v) is 5.13. The Kier molecular flexibility index (Phi) is 2.82. The topological polar surface area (TPSA) is 34.1 Å².